The Kier molecular flexibility index (Phi) is 1.90. The van der Waals surface area contributed by atoms with Gasteiger partial charge in [0, 0.05) is 0 Å². The van der Waals surface area contributed by atoms with E-state index in [9.17, 15) is 0 Å². The summed E-state index contributed by atoms with van der Waals surface area (Å²) in [6.07, 6.45) is 6.51. The average Bonchev–Trinajstić information content (AvgIpc) is 2.02. The molecule has 2 N–H and O–H groups in total. The highest BCUT2D eigenvalue weighted by Crippen LogP contribution is 2.43. The molecule has 0 aromatic heterocycles. The van der Waals surface area contributed by atoms with Crippen molar-refractivity contribution in [3.05, 3.63) is 0 Å². The van der Waals surface area contributed by atoms with Crippen LogP contribution in [0.3, 0.4) is 0 Å². The van der Waals surface area contributed by atoms with Crippen molar-refractivity contribution < 1.29 is 4.74 Å². The maximum absolute atomic E-state index is 5.82. The predicted molar refractivity (Wildman–Crippen MR) is 44.3 cm³/mol. The molecule has 64 valence electrons. The van der Waals surface area contributed by atoms with Gasteiger partial charge in [-0.05, 0) is 44.6 Å². The molecule has 2 heteroatoms. The largest absolute Gasteiger partial charge is 0.375 e. The Balaban J connectivity index is 1.84. The van der Waals surface area contributed by atoms with Crippen LogP contribution in [-0.4, -0.2) is 18.8 Å². The fourth-order valence-electron chi connectivity index (χ4n) is 2.07. The third-order valence-electron chi connectivity index (χ3n) is 3.23. The molecule has 0 amide bonds. The zero-order valence-electron chi connectivity index (χ0n) is 7.01. The highest BCUT2D eigenvalue weighted by molar-refractivity contribution is 4.92. The fourth-order valence-corrected chi connectivity index (χ4v) is 2.07. The minimum Gasteiger partial charge on any atom is -0.375 e. The van der Waals surface area contributed by atoms with Gasteiger partial charge >= 0.3 is 0 Å². The van der Waals surface area contributed by atoms with Gasteiger partial charge in [0.05, 0.1) is 12.2 Å². The van der Waals surface area contributed by atoms with Gasteiger partial charge in [0.1, 0.15) is 0 Å². The van der Waals surface area contributed by atoms with Crippen LogP contribution < -0.4 is 5.73 Å². The highest BCUT2D eigenvalue weighted by atomic mass is 16.5. The maximum Gasteiger partial charge on any atom is 0.0682 e. The first-order valence-corrected chi connectivity index (χ1v) is 4.69. The highest BCUT2D eigenvalue weighted by Gasteiger charge is 2.40. The van der Waals surface area contributed by atoms with Crippen LogP contribution in [0.25, 0.3) is 0 Å². The zero-order chi connectivity index (χ0) is 7.73. The predicted octanol–water partition coefficient (Wildman–Crippen LogP) is 1.29. The summed E-state index contributed by atoms with van der Waals surface area (Å²) in [6.45, 7) is 1.71. The first kappa shape index (κ1) is 7.56. The lowest BCUT2D eigenvalue weighted by molar-refractivity contribution is -0.143. The average molecular weight is 155 g/mol. The van der Waals surface area contributed by atoms with Crippen LogP contribution >= 0.6 is 0 Å². The quantitative estimate of drug-likeness (QED) is 0.619. The van der Waals surface area contributed by atoms with Crippen LogP contribution in [-0.2, 0) is 4.74 Å². The van der Waals surface area contributed by atoms with Crippen LogP contribution in [0.2, 0.25) is 0 Å². The van der Waals surface area contributed by atoms with Crippen LogP contribution in [0.15, 0.2) is 0 Å². The van der Waals surface area contributed by atoms with E-state index in [4.69, 9.17) is 10.5 Å². The molecule has 11 heavy (non-hydrogen) atoms. The molecule has 2 aliphatic rings. The summed E-state index contributed by atoms with van der Waals surface area (Å²) in [4.78, 5) is 0. The molecule has 1 atom stereocenters. The van der Waals surface area contributed by atoms with E-state index in [1.807, 2.05) is 0 Å². The maximum atomic E-state index is 5.82. The van der Waals surface area contributed by atoms with E-state index in [2.05, 4.69) is 0 Å². The molecule has 1 unspecified atom stereocenters. The lowest BCUT2D eigenvalue weighted by Crippen LogP contribution is -2.46. The monoisotopic (exact) mass is 155 g/mol. The first-order chi connectivity index (χ1) is 5.35. The summed E-state index contributed by atoms with van der Waals surface area (Å²) in [5.74, 6) is 0.640. The Morgan fingerprint density at radius 2 is 2.18 bits per heavy atom. The third-order valence-corrected chi connectivity index (χ3v) is 3.23. The Morgan fingerprint density at radius 3 is 2.55 bits per heavy atom. The summed E-state index contributed by atoms with van der Waals surface area (Å²) < 4.78 is 5.82. The minimum absolute atomic E-state index is 0.325. The first-order valence-electron chi connectivity index (χ1n) is 4.69. The molecule has 2 fully saturated rings. The van der Waals surface area contributed by atoms with Gasteiger partial charge in [0.2, 0.25) is 0 Å². The van der Waals surface area contributed by atoms with E-state index < -0.39 is 0 Å². The second kappa shape index (κ2) is 2.76. The normalized spacial score (nSPS) is 35.2. The Labute approximate surface area is 68.1 Å². The van der Waals surface area contributed by atoms with Gasteiger partial charge < -0.3 is 10.5 Å². The molecule has 1 aliphatic heterocycles. The van der Waals surface area contributed by atoms with Gasteiger partial charge in [-0.15, -0.1) is 0 Å². The van der Waals surface area contributed by atoms with Gasteiger partial charge in [-0.1, -0.05) is 0 Å². The van der Waals surface area contributed by atoms with Crippen LogP contribution in [0.4, 0.5) is 0 Å². The summed E-state index contributed by atoms with van der Waals surface area (Å²) in [5.41, 5.74) is 5.90. The van der Waals surface area contributed by atoms with Gasteiger partial charge in [0.25, 0.3) is 0 Å². The minimum atomic E-state index is 0.325. The molecule has 1 heterocycles. The Bertz CT molecular complexity index is 132. The summed E-state index contributed by atoms with van der Waals surface area (Å²) in [6, 6.07) is 0. The van der Waals surface area contributed by atoms with Crippen LogP contribution in [0.5, 0.6) is 0 Å². The molecule has 0 aromatic carbocycles. The number of rotatable bonds is 1. The van der Waals surface area contributed by atoms with E-state index in [0.717, 1.165) is 13.2 Å². The smallest absolute Gasteiger partial charge is 0.0682 e. The standard InChI is InChI=1S/C9H17NO/c10-6-8-2-5-9(11-7-8)3-1-4-9/h8H,1-7,10H2. The van der Waals surface area contributed by atoms with Gasteiger partial charge in [-0.3, -0.25) is 0 Å². The van der Waals surface area contributed by atoms with E-state index >= 15 is 0 Å². The molecule has 1 spiro atoms. The van der Waals surface area contributed by atoms with Crippen molar-refractivity contribution in [2.24, 2.45) is 11.7 Å². The van der Waals surface area contributed by atoms with Gasteiger partial charge in [-0.25, -0.2) is 0 Å². The lowest BCUT2D eigenvalue weighted by atomic mass is 9.74. The number of ether oxygens (including phenoxy) is 1. The molecular formula is C9H17NO. The second-order valence-electron chi connectivity index (χ2n) is 3.99. The summed E-state index contributed by atoms with van der Waals surface area (Å²) in [5, 5.41) is 0. The topological polar surface area (TPSA) is 35.2 Å². The van der Waals surface area contributed by atoms with Crippen LogP contribution in [0.1, 0.15) is 32.1 Å². The second-order valence-corrected chi connectivity index (χ2v) is 3.99. The SMILES string of the molecule is NCC1CCC2(CCC2)OC1. The van der Waals surface area contributed by atoms with Crippen molar-refractivity contribution in [1.82, 2.24) is 0 Å². The number of hydrogen-bond acceptors (Lipinski definition) is 2. The fraction of sp³-hybridized carbons (Fsp3) is 1.00. The number of hydrogen-bond donors (Lipinski definition) is 1. The zero-order valence-corrected chi connectivity index (χ0v) is 7.01. The summed E-state index contributed by atoms with van der Waals surface area (Å²) >= 11 is 0. The van der Waals surface area contributed by atoms with Crippen molar-refractivity contribution in [3.63, 3.8) is 0 Å². The molecule has 2 nitrogen and oxygen atoms in total. The molecule has 2 rings (SSSR count). The molecular weight excluding hydrogens is 138 g/mol. The van der Waals surface area contributed by atoms with E-state index in [1.54, 1.807) is 0 Å². The molecule has 1 aliphatic carbocycles. The van der Waals surface area contributed by atoms with Crippen molar-refractivity contribution in [1.29, 1.82) is 0 Å². The van der Waals surface area contributed by atoms with Crippen molar-refractivity contribution in [2.45, 2.75) is 37.7 Å². The lowest BCUT2D eigenvalue weighted by Gasteiger charge is -2.46. The van der Waals surface area contributed by atoms with Crippen molar-refractivity contribution >= 4 is 0 Å². The molecule has 0 radical (unpaired) electrons. The van der Waals surface area contributed by atoms with E-state index in [0.29, 0.717) is 11.5 Å². The van der Waals surface area contributed by atoms with Crippen molar-refractivity contribution in [2.75, 3.05) is 13.2 Å². The van der Waals surface area contributed by atoms with E-state index in [1.165, 1.54) is 32.1 Å². The van der Waals surface area contributed by atoms with Gasteiger partial charge in [0.15, 0.2) is 0 Å². The summed E-state index contributed by atoms with van der Waals surface area (Å²) in [7, 11) is 0. The molecule has 0 bridgehead atoms. The Hall–Kier alpha value is -0.0800. The Morgan fingerprint density at radius 1 is 1.36 bits per heavy atom. The third kappa shape index (κ3) is 1.30. The van der Waals surface area contributed by atoms with E-state index in [-0.39, 0.29) is 0 Å². The molecule has 1 saturated heterocycles. The van der Waals surface area contributed by atoms with Gasteiger partial charge in [-0.2, -0.15) is 0 Å². The molecule has 0 aromatic rings. The van der Waals surface area contributed by atoms with Crippen LogP contribution in [0, 0.1) is 5.92 Å². The van der Waals surface area contributed by atoms with Crippen molar-refractivity contribution in [3.8, 4) is 0 Å². The molecule has 1 saturated carbocycles. The number of nitrogens with two attached hydrogens (primary N) is 1.